The summed E-state index contributed by atoms with van der Waals surface area (Å²) in [5.74, 6) is 0.369. The summed E-state index contributed by atoms with van der Waals surface area (Å²) in [5.41, 5.74) is 1.25. The first-order valence-electron chi connectivity index (χ1n) is 10.1. The van der Waals surface area contributed by atoms with E-state index in [0.717, 1.165) is 5.56 Å². The van der Waals surface area contributed by atoms with Gasteiger partial charge in [-0.2, -0.15) is 0 Å². The van der Waals surface area contributed by atoms with Gasteiger partial charge in [0.2, 0.25) is 5.91 Å². The molecule has 0 fully saturated rings. The quantitative estimate of drug-likeness (QED) is 0.259. The lowest BCUT2D eigenvalue weighted by molar-refractivity contribution is -0.127. The summed E-state index contributed by atoms with van der Waals surface area (Å²) in [6.45, 7) is 0.986. The molecule has 0 N–H and O–H groups in total. The van der Waals surface area contributed by atoms with E-state index in [1.807, 2.05) is 11.4 Å². The highest BCUT2D eigenvalue weighted by atomic mass is 32.2. The summed E-state index contributed by atoms with van der Waals surface area (Å²) in [5, 5.41) is 2.79. The molecular formula is C23H22FN3O4S2. The molecule has 10 heteroatoms. The minimum Gasteiger partial charge on any atom is -0.467 e. The monoisotopic (exact) mass is 487 g/mol. The number of thioether (sulfide) groups is 1. The lowest BCUT2D eigenvalue weighted by atomic mass is 10.1. The summed E-state index contributed by atoms with van der Waals surface area (Å²) in [7, 11) is 3.26. The van der Waals surface area contributed by atoms with E-state index in [1.54, 1.807) is 43.5 Å². The van der Waals surface area contributed by atoms with Crippen molar-refractivity contribution in [2.75, 3.05) is 26.5 Å². The largest absolute Gasteiger partial charge is 0.467 e. The third-order valence-electron chi connectivity index (χ3n) is 5.06. The van der Waals surface area contributed by atoms with Crippen molar-refractivity contribution in [3.05, 3.63) is 70.0 Å². The van der Waals surface area contributed by atoms with Gasteiger partial charge in [0, 0.05) is 25.1 Å². The van der Waals surface area contributed by atoms with Crippen LogP contribution >= 0.6 is 23.1 Å². The molecule has 4 rings (SSSR count). The highest BCUT2D eigenvalue weighted by Crippen LogP contribution is 2.32. The van der Waals surface area contributed by atoms with E-state index in [-0.39, 0.29) is 23.0 Å². The van der Waals surface area contributed by atoms with E-state index in [2.05, 4.69) is 4.98 Å². The molecule has 0 unspecified atom stereocenters. The Morgan fingerprint density at radius 2 is 2.09 bits per heavy atom. The Labute approximate surface area is 197 Å². The van der Waals surface area contributed by atoms with Gasteiger partial charge in [-0.25, -0.2) is 9.37 Å². The molecule has 0 aliphatic carbocycles. The number of hydrogen-bond donors (Lipinski definition) is 0. The number of halogens is 1. The molecule has 3 heterocycles. The van der Waals surface area contributed by atoms with Gasteiger partial charge in [-0.05, 0) is 29.8 Å². The minimum atomic E-state index is -0.339. The predicted octanol–water partition coefficient (Wildman–Crippen LogP) is 4.25. The van der Waals surface area contributed by atoms with Crippen LogP contribution in [0, 0.1) is 5.82 Å². The molecule has 0 atom stereocenters. The molecule has 7 nitrogen and oxygen atoms in total. The maximum atomic E-state index is 13.4. The molecule has 0 radical (unpaired) electrons. The molecule has 3 aromatic heterocycles. The maximum Gasteiger partial charge on any atom is 0.263 e. The summed E-state index contributed by atoms with van der Waals surface area (Å²) < 4.78 is 25.4. The Morgan fingerprint density at radius 1 is 1.30 bits per heavy atom. The van der Waals surface area contributed by atoms with Crippen LogP contribution in [-0.2, 0) is 22.6 Å². The molecule has 33 heavy (non-hydrogen) atoms. The van der Waals surface area contributed by atoms with Gasteiger partial charge in [-0.3, -0.25) is 14.2 Å². The number of benzene rings is 1. The van der Waals surface area contributed by atoms with E-state index < -0.39 is 0 Å². The summed E-state index contributed by atoms with van der Waals surface area (Å²) in [6.07, 6.45) is 1.57. The zero-order valence-electron chi connectivity index (χ0n) is 18.1. The van der Waals surface area contributed by atoms with E-state index >= 15 is 0 Å². The Hall–Kier alpha value is -2.95. The lowest BCUT2D eigenvalue weighted by Crippen LogP contribution is -2.29. The fourth-order valence-corrected chi connectivity index (χ4v) is 5.25. The van der Waals surface area contributed by atoms with Crippen LogP contribution < -0.4 is 5.56 Å². The van der Waals surface area contributed by atoms with Crippen molar-refractivity contribution in [3.8, 4) is 11.1 Å². The first kappa shape index (κ1) is 23.2. The molecule has 0 bridgehead atoms. The van der Waals surface area contributed by atoms with Crippen molar-refractivity contribution >= 4 is 39.2 Å². The minimum absolute atomic E-state index is 0.109. The third-order valence-corrected chi connectivity index (χ3v) is 6.89. The molecular weight excluding hydrogens is 465 g/mol. The Bertz CT molecular complexity index is 1300. The number of rotatable bonds is 9. The van der Waals surface area contributed by atoms with E-state index in [1.165, 1.54) is 39.8 Å². The van der Waals surface area contributed by atoms with Crippen LogP contribution in [0.25, 0.3) is 21.3 Å². The Balaban J connectivity index is 1.62. The summed E-state index contributed by atoms with van der Waals surface area (Å²) in [6, 6.07) is 9.61. The number of carbonyl (C=O) groups is 1. The van der Waals surface area contributed by atoms with Crippen LogP contribution in [0.15, 0.2) is 62.4 Å². The van der Waals surface area contributed by atoms with Gasteiger partial charge >= 0.3 is 0 Å². The van der Waals surface area contributed by atoms with Gasteiger partial charge < -0.3 is 14.1 Å². The average molecular weight is 488 g/mol. The van der Waals surface area contributed by atoms with E-state index in [0.29, 0.717) is 46.4 Å². The second-order valence-electron chi connectivity index (χ2n) is 7.30. The van der Waals surface area contributed by atoms with Crippen molar-refractivity contribution in [1.29, 1.82) is 0 Å². The Kier molecular flexibility index (Phi) is 7.26. The predicted molar refractivity (Wildman–Crippen MR) is 127 cm³/mol. The number of thiophene rings is 1. The first-order valence-corrected chi connectivity index (χ1v) is 12.0. The van der Waals surface area contributed by atoms with E-state index in [4.69, 9.17) is 9.15 Å². The van der Waals surface area contributed by atoms with Crippen LogP contribution in [0.1, 0.15) is 5.76 Å². The molecule has 172 valence electrons. The van der Waals surface area contributed by atoms with Crippen molar-refractivity contribution in [2.24, 2.45) is 0 Å². The molecule has 0 saturated carbocycles. The molecule has 0 saturated heterocycles. The van der Waals surface area contributed by atoms with Gasteiger partial charge in [0.25, 0.3) is 5.56 Å². The molecule has 4 aromatic rings. The zero-order valence-corrected chi connectivity index (χ0v) is 19.7. The van der Waals surface area contributed by atoms with Gasteiger partial charge in [0.15, 0.2) is 5.16 Å². The van der Waals surface area contributed by atoms with Crippen molar-refractivity contribution in [3.63, 3.8) is 0 Å². The van der Waals surface area contributed by atoms with Crippen LogP contribution in [0.4, 0.5) is 4.39 Å². The number of carbonyl (C=O) groups excluding carboxylic acids is 1. The molecule has 1 aromatic carbocycles. The van der Waals surface area contributed by atoms with Crippen LogP contribution in [0.2, 0.25) is 0 Å². The fourth-order valence-electron chi connectivity index (χ4n) is 3.30. The molecule has 0 aliphatic rings. The second-order valence-corrected chi connectivity index (χ2v) is 9.10. The standard InChI is InChI=1S/C23H22FN3O4S2/c1-26(12-17-4-3-10-31-17)19(28)14-33-23-25-21-20(22(29)27(23)9-11-30-2)18(13-32-21)15-5-7-16(24)8-6-15/h3-8,10,13H,9,11-12,14H2,1-2H3. The summed E-state index contributed by atoms with van der Waals surface area (Å²) in [4.78, 5) is 32.9. The SMILES string of the molecule is COCCn1c(SCC(=O)N(C)Cc2ccco2)nc2scc(-c3ccc(F)cc3)c2c1=O. The number of hydrogen-bond acceptors (Lipinski definition) is 7. The topological polar surface area (TPSA) is 77.6 Å². The van der Waals surface area contributed by atoms with Gasteiger partial charge in [0.1, 0.15) is 16.4 Å². The van der Waals surface area contributed by atoms with Crippen LogP contribution in [0.3, 0.4) is 0 Å². The molecule has 1 amide bonds. The van der Waals surface area contributed by atoms with Crippen molar-refractivity contribution in [2.45, 2.75) is 18.2 Å². The van der Waals surface area contributed by atoms with E-state index in [9.17, 15) is 14.0 Å². The zero-order chi connectivity index (χ0) is 23.4. The number of amides is 1. The highest BCUT2D eigenvalue weighted by molar-refractivity contribution is 7.99. The third kappa shape index (κ3) is 5.18. The first-order chi connectivity index (χ1) is 16.0. The smallest absolute Gasteiger partial charge is 0.263 e. The summed E-state index contributed by atoms with van der Waals surface area (Å²) >= 11 is 2.56. The number of aromatic nitrogens is 2. The Morgan fingerprint density at radius 3 is 2.79 bits per heavy atom. The average Bonchev–Trinajstić information content (AvgIpc) is 3.47. The number of nitrogens with zero attached hydrogens (tertiary/aromatic N) is 3. The van der Waals surface area contributed by atoms with Crippen molar-refractivity contribution in [1.82, 2.24) is 14.5 Å². The number of furan rings is 1. The van der Waals surface area contributed by atoms with Crippen molar-refractivity contribution < 1.29 is 18.3 Å². The lowest BCUT2D eigenvalue weighted by Gasteiger charge is -2.16. The maximum absolute atomic E-state index is 13.4. The van der Waals surface area contributed by atoms with Gasteiger partial charge in [0.05, 0.1) is 37.1 Å². The molecule has 0 aliphatic heterocycles. The number of fused-ring (bicyclic) bond motifs is 1. The normalized spacial score (nSPS) is 11.2. The second kappa shape index (κ2) is 10.3. The fraction of sp³-hybridized carbons (Fsp3) is 0.261. The molecule has 0 spiro atoms. The van der Waals surface area contributed by atoms with Gasteiger partial charge in [-0.1, -0.05) is 23.9 Å². The van der Waals surface area contributed by atoms with Crippen LogP contribution in [-0.4, -0.2) is 46.9 Å². The van der Waals surface area contributed by atoms with Crippen LogP contribution in [0.5, 0.6) is 0 Å². The number of ether oxygens (including phenoxy) is 1. The highest BCUT2D eigenvalue weighted by Gasteiger charge is 2.19. The van der Waals surface area contributed by atoms with Gasteiger partial charge in [-0.15, -0.1) is 11.3 Å². The number of methoxy groups -OCH3 is 1.